The topological polar surface area (TPSA) is 86.7 Å². The van der Waals surface area contributed by atoms with Crippen molar-refractivity contribution < 1.29 is 19.5 Å². The van der Waals surface area contributed by atoms with Crippen LogP contribution < -0.4 is 10.2 Å². The number of halogens is 1. The van der Waals surface area contributed by atoms with E-state index in [1.807, 2.05) is 6.07 Å². The third-order valence-corrected chi connectivity index (χ3v) is 7.45. The molecule has 0 saturated heterocycles. The summed E-state index contributed by atoms with van der Waals surface area (Å²) in [5.41, 5.74) is 1.33. The van der Waals surface area contributed by atoms with E-state index in [0.29, 0.717) is 38.0 Å². The number of aromatic carboxylic acids is 1. The van der Waals surface area contributed by atoms with Crippen LogP contribution in [0.5, 0.6) is 0 Å². The van der Waals surface area contributed by atoms with Crippen LogP contribution in [-0.4, -0.2) is 29.4 Å². The number of nitrogens with zero attached hydrogens (tertiary/aromatic N) is 1. The first-order valence-corrected chi connectivity index (χ1v) is 11.1. The first-order valence-electron chi connectivity index (χ1n) is 9.87. The highest BCUT2D eigenvalue weighted by Crippen LogP contribution is 2.57. The number of carbonyl (C=O) groups excluding carboxylic acids is 2. The largest absolute Gasteiger partial charge is 0.477 e. The van der Waals surface area contributed by atoms with Crippen LogP contribution in [0.1, 0.15) is 26.5 Å². The molecule has 2 aliphatic heterocycles. The van der Waals surface area contributed by atoms with Crippen molar-refractivity contribution in [3.63, 3.8) is 0 Å². The molecule has 0 radical (unpaired) electrons. The SMILES string of the molecule is C=CCN1C(=O)[C@@]2(CC(=O)Nc3c2sc(C(=O)O)c3-c2ccccc2)c2cc(Cl)ccc21. The zero-order valence-electron chi connectivity index (χ0n) is 16.7. The van der Waals surface area contributed by atoms with Gasteiger partial charge in [-0.25, -0.2) is 4.79 Å². The van der Waals surface area contributed by atoms with Gasteiger partial charge in [-0.05, 0) is 29.3 Å². The number of carboxylic acids is 1. The van der Waals surface area contributed by atoms with Crippen LogP contribution in [0.2, 0.25) is 5.02 Å². The van der Waals surface area contributed by atoms with Crippen LogP contribution in [0.3, 0.4) is 0 Å². The zero-order valence-corrected chi connectivity index (χ0v) is 18.3. The number of rotatable bonds is 4. The van der Waals surface area contributed by atoms with Gasteiger partial charge < -0.3 is 15.3 Å². The van der Waals surface area contributed by atoms with Crippen LogP contribution in [0.4, 0.5) is 11.4 Å². The van der Waals surface area contributed by atoms with Crippen molar-refractivity contribution >= 4 is 52.1 Å². The van der Waals surface area contributed by atoms with Gasteiger partial charge in [0.05, 0.1) is 17.0 Å². The standard InChI is InChI=1S/C24H17ClN2O4S/c1-2-10-27-16-9-8-14(25)11-15(16)24(23(27)31)12-17(28)26-19-18(13-6-4-3-5-7-13)20(22(29)30)32-21(19)24/h2-9,11H,1,10,12H2,(H,26,28)(H,29,30)/t24-/m0/s1. The Morgan fingerprint density at radius 3 is 2.69 bits per heavy atom. The Morgan fingerprint density at radius 2 is 2.00 bits per heavy atom. The van der Waals surface area contributed by atoms with Crippen LogP contribution in [0, 0.1) is 0 Å². The van der Waals surface area contributed by atoms with Crippen molar-refractivity contribution in [1.29, 1.82) is 0 Å². The number of benzene rings is 2. The van der Waals surface area contributed by atoms with Crippen LogP contribution in [-0.2, 0) is 15.0 Å². The third kappa shape index (κ3) is 2.75. The molecule has 5 rings (SSSR count). The van der Waals surface area contributed by atoms with E-state index >= 15 is 0 Å². The Morgan fingerprint density at radius 1 is 1.25 bits per heavy atom. The maximum Gasteiger partial charge on any atom is 0.346 e. The number of fused-ring (bicyclic) bond motifs is 4. The minimum atomic E-state index is -1.34. The average Bonchev–Trinajstić information content (AvgIpc) is 3.26. The Kier molecular flexibility index (Phi) is 4.69. The summed E-state index contributed by atoms with van der Waals surface area (Å²) in [6, 6.07) is 14.1. The van der Waals surface area contributed by atoms with Crippen molar-refractivity contribution in [2.24, 2.45) is 0 Å². The fourth-order valence-electron chi connectivity index (χ4n) is 4.63. The van der Waals surface area contributed by atoms with Gasteiger partial charge in [-0.15, -0.1) is 17.9 Å². The zero-order chi connectivity index (χ0) is 22.6. The average molecular weight is 465 g/mol. The minimum absolute atomic E-state index is 0.0707. The van der Waals surface area contributed by atoms with Crippen molar-refractivity contribution in [2.75, 3.05) is 16.8 Å². The van der Waals surface area contributed by atoms with Crippen molar-refractivity contribution in [2.45, 2.75) is 11.8 Å². The molecular weight excluding hydrogens is 448 g/mol. The van der Waals surface area contributed by atoms with E-state index in [1.54, 1.807) is 53.4 Å². The van der Waals surface area contributed by atoms with Gasteiger partial charge in [0.25, 0.3) is 0 Å². The summed E-state index contributed by atoms with van der Waals surface area (Å²) in [7, 11) is 0. The summed E-state index contributed by atoms with van der Waals surface area (Å²) in [5, 5.41) is 13.3. The van der Waals surface area contributed by atoms with Gasteiger partial charge in [-0.1, -0.05) is 48.0 Å². The molecule has 0 fully saturated rings. The fraction of sp³-hybridized carbons (Fsp3) is 0.125. The number of hydrogen-bond donors (Lipinski definition) is 2. The van der Waals surface area contributed by atoms with E-state index in [2.05, 4.69) is 11.9 Å². The molecule has 0 bridgehead atoms. The molecule has 0 unspecified atom stereocenters. The van der Waals surface area contributed by atoms with Gasteiger partial charge in [0.15, 0.2) is 0 Å². The van der Waals surface area contributed by atoms with Gasteiger partial charge in [0.2, 0.25) is 11.8 Å². The summed E-state index contributed by atoms with van der Waals surface area (Å²) in [5.74, 6) is -1.76. The number of thiophene rings is 1. The lowest BCUT2D eigenvalue weighted by atomic mass is 9.74. The van der Waals surface area contributed by atoms with Gasteiger partial charge in [0.1, 0.15) is 10.3 Å². The number of carboxylic acid groups (broad SMARTS) is 1. The summed E-state index contributed by atoms with van der Waals surface area (Å²) in [4.78, 5) is 41.2. The summed E-state index contributed by atoms with van der Waals surface area (Å²) < 4.78 is 0. The normalized spacial score (nSPS) is 19.0. The van der Waals surface area contributed by atoms with E-state index in [-0.39, 0.29) is 29.7 Å². The first kappa shape index (κ1) is 20.5. The number of anilines is 2. The van der Waals surface area contributed by atoms with Crippen molar-refractivity contribution in [3.05, 3.63) is 81.5 Å². The quantitative estimate of drug-likeness (QED) is 0.536. The molecule has 2 N–H and O–H groups in total. The molecule has 6 nitrogen and oxygen atoms in total. The molecule has 3 heterocycles. The molecule has 2 aliphatic rings. The molecule has 3 aromatic rings. The maximum atomic E-state index is 13.9. The third-order valence-electron chi connectivity index (χ3n) is 5.87. The summed E-state index contributed by atoms with van der Waals surface area (Å²) >= 11 is 7.33. The molecule has 32 heavy (non-hydrogen) atoms. The predicted molar refractivity (Wildman–Crippen MR) is 125 cm³/mol. The van der Waals surface area contributed by atoms with E-state index in [4.69, 9.17) is 11.6 Å². The smallest absolute Gasteiger partial charge is 0.346 e. The Labute approximate surface area is 192 Å². The number of hydrogen-bond acceptors (Lipinski definition) is 4. The lowest BCUT2D eigenvalue weighted by molar-refractivity contribution is -0.126. The minimum Gasteiger partial charge on any atom is -0.477 e. The highest BCUT2D eigenvalue weighted by atomic mass is 35.5. The molecule has 0 saturated carbocycles. The number of carbonyl (C=O) groups is 3. The highest BCUT2D eigenvalue weighted by molar-refractivity contribution is 7.15. The van der Waals surface area contributed by atoms with Crippen LogP contribution in [0.25, 0.3) is 11.1 Å². The second-order valence-corrected chi connectivity index (χ2v) is 9.13. The van der Waals surface area contributed by atoms with E-state index in [0.717, 1.165) is 11.3 Å². The number of nitrogens with one attached hydrogen (secondary N) is 1. The van der Waals surface area contributed by atoms with Crippen molar-refractivity contribution in [3.8, 4) is 11.1 Å². The Bertz CT molecular complexity index is 1320. The van der Waals surface area contributed by atoms with E-state index < -0.39 is 11.4 Å². The molecule has 1 atom stereocenters. The molecule has 1 spiro atoms. The lowest BCUT2D eigenvalue weighted by Crippen LogP contribution is -2.46. The molecule has 8 heteroatoms. The summed E-state index contributed by atoms with van der Waals surface area (Å²) in [6.07, 6.45) is 1.49. The second kappa shape index (κ2) is 7.32. The molecule has 2 amide bonds. The number of amides is 2. The van der Waals surface area contributed by atoms with E-state index in [9.17, 15) is 19.5 Å². The Hall–Kier alpha value is -3.42. The molecule has 160 valence electrons. The van der Waals surface area contributed by atoms with E-state index in [1.165, 1.54) is 0 Å². The van der Waals surface area contributed by atoms with Gasteiger partial charge >= 0.3 is 5.97 Å². The monoisotopic (exact) mass is 464 g/mol. The molecule has 1 aromatic heterocycles. The summed E-state index contributed by atoms with van der Waals surface area (Å²) in [6.45, 7) is 4.01. The predicted octanol–water partition coefficient (Wildman–Crippen LogP) is 4.93. The second-order valence-electron chi connectivity index (χ2n) is 7.68. The van der Waals surface area contributed by atoms with Crippen molar-refractivity contribution in [1.82, 2.24) is 0 Å². The fourth-order valence-corrected chi connectivity index (χ4v) is 6.11. The maximum absolute atomic E-state index is 13.9. The molecular formula is C24H17ClN2O4S. The lowest BCUT2D eigenvalue weighted by Gasteiger charge is -2.32. The van der Waals surface area contributed by atoms with Crippen LogP contribution >= 0.6 is 22.9 Å². The molecule has 0 aliphatic carbocycles. The van der Waals surface area contributed by atoms with Gasteiger partial charge in [-0.3, -0.25) is 9.59 Å². The van der Waals surface area contributed by atoms with Gasteiger partial charge in [-0.2, -0.15) is 0 Å². The Balaban J connectivity index is 1.86. The highest BCUT2D eigenvalue weighted by Gasteiger charge is 2.57. The molecule has 2 aromatic carbocycles. The van der Waals surface area contributed by atoms with Gasteiger partial charge in [0, 0.05) is 22.8 Å². The van der Waals surface area contributed by atoms with Crippen LogP contribution in [0.15, 0.2) is 61.2 Å². The first-order chi connectivity index (χ1) is 15.4.